The van der Waals surface area contributed by atoms with E-state index in [0.717, 1.165) is 11.3 Å². The van der Waals surface area contributed by atoms with E-state index in [0.29, 0.717) is 29.8 Å². The number of ether oxygens (including phenoxy) is 2. The average molecular weight is 353 g/mol. The van der Waals surface area contributed by atoms with Crippen LogP contribution in [0, 0.1) is 6.92 Å². The standard InChI is InChI=1S/C17H21ClN2O4/c1-11(2)17-19-15(24-20-17)10-23-16(21)5-4-8-22-14-7-6-13(18)9-12(14)3/h6-7,9,11H,4-5,8,10H2,1-3H3. The van der Waals surface area contributed by atoms with E-state index in [9.17, 15) is 4.79 Å². The second-order valence-corrected chi connectivity index (χ2v) is 6.16. The third-order valence-corrected chi connectivity index (χ3v) is 3.51. The second-order valence-electron chi connectivity index (χ2n) is 5.72. The summed E-state index contributed by atoms with van der Waals surface area (Å²) >= 11 is 5.89. The number of halogens is 1. The Morgan fingerprint density at radius 2 is 2.17 bits per heavy atom. The van der Waals surface area contributed by atoms with Gasteiger partial charge in [0, 0.05) is 17.4 Å². The van der Waals surface area contributed by atoms with Gasteiger partial charge < -0.3 is 14.0 Å². The Bertz CT molecular complexity index is 685. The lowest BCUT2D eigenvalue weighted by Crippen LogP contribution is -2.07. The molecule has 0 spiro atoms. The minimum absolute atomic E-state index is 0.00426. The summed E-state index contributed by atoms with van der Waals surface area (Å²) in [6.45, 7) is 6.27. The smallest absolute Gasteiger partial charge is 0.306 e. The number of esters is 1. The van der Waals surface area contributed by atoms with Crippen LogP contribution in [0.1, 0.15) is 49.9 Å². The van der Waals surface area contributed by atoms with Gasteiger partial charge in [0.1, 0.15) is 5.75 Å². The number of nitrogens with zero attached hydrogens (tertiary/aromatic N) is 2. The molecule has 0 saturated heterocycles. The van der Waals surface area contributed by atoms with Gasteiger partial charge in [-0.2, -0.15) is 4.98 Å². The fraction of sp³-hybridized carbons (Fsp3) is 0.471. The Morgan fingerprint density at radius 3 is 2.83 bits per heavy atom. The molecule has 0 saturated carbocycles. The maximum atomic E-state index is 11.7. The Labute approximate surface area is 146 Å². The van der Waals surface area contributed by atoms with Crippen molar-refractivity contribution in [3.05, 3.63) is 40.5 Å². The molecule has 24 heavy (non-hydrogen) atoms. The first kappa shape index (κ1) is 18.3. The Morgan fingerprint density at radius 1 is 1.38 bits per heavy atom. The Kier molecular flexibility index (Phi) is 6.61. The van der Waals surface area contributed by atoms with Gasteiger partial charge in [-0.3, -0.25) is 4.79 Å². The number of aromatic nitrogens is 2. The molecule has 0 N–H and O–H groups in total. The largest absolute Gasteiger partial charge is 0.493 e. The highest BCUT2D eigenvalue weighted by Crippen LogP contribution is 2.22. The van der Waals surface area contributed by atoms with Gasteiger partial charge in [0.2, 0.25) is 0 Å². The molecule has 0 fully saturated rings. The monoisotopic (exact) mass is 352 g/mol. The van der Waals surface area contributed by atoms with Gasteiger partial charge in [0.05, 0.1) is 6.61 Å². The number of hydrogen-bond acceptors (Lipinski definition) is 6. The van der Waals surface area contributed by atoms with E-state index in [2.05, 4.69) is 10.1 Å². The summed E-state index contributed by atoms with van der Waals surface area (Å²) < 4.78 is 15.7. The van der Waals surface area contributed by atoms with Gasteiger partial charge in [-0.25, -0.2) is 0 Å². The predicted octanol–water partition coefficient (Wildman–Crippen LogP) is 4.06. The zero-order chi connectivity index (χ0) is 17.5. The van der Waals surface area contributed by atoms with Gasteiger partial charge in [-0.15, -0.1) is 0 Å². The maximum Gasteiger partial charge on any atom is 0.306 e. The molecular weight excluding hydrogens is 332 g/mol. The maximum absolute atomic E-state index is 11.7. The van der Waals surface area contributed by atoms with Gasteiger partial charge in [0.25, 0.3) is 5.89 Å². The number of rotatable bonds is 8. The molecule has 1 heterocycles. The van der Waals surface area contributed by atoms with Crippen molar-refractivity contribution >= 4 is 17.6 Å². The van der Waals surface area contributed by atoms with Crippen LogP contribution in [-0.4, -0.2) is 22.7 Å². The first-order valence-corrected chi connectivity index (χ1v) is 8.20. The molecular formula is C17H21ClN2O4. The van der Waals surface area contributed by atoms with Crippen molar-refractivity contribution in [2.45, 2.75) is 46.1 Å². The van der Waals surface area contributed by atoms with E-state index in [1.54, 1.807) is 6.07 Å². The SMILES string of the molecule is Cc1cc(Cl)ccc1OCCCC(=O)OCc1nc(C(C)C)no1. The van der Waals surface area contributed by atoms with Crippen molar-refractivity contribution < 1.29 is 18.8 Å². The van der Waals surface area contributed by atoms with E-state index in [1.165, 1.54) is 0 Å². The van der Waals surface area contributed by atoms with E-state index >= 15 is 0 Å². The molecule has 1 aromatic heterocycles. The van der Waals surface area contributed by atoms with Crippen LogP contribution < -0.4 is 4.74 Å². The number of benzene rings is 1. The van der Waals surface area contributed by atoms with Crippen LogP contribution in [0.15, 0.2) is 22.7 Å². The first-order chi connectivity index (χ1) is 11.5. The molecule has 0 aliphatic heterocycles. The summed E-state index contributed by atoms with van der Waals surface area (Å²) in [6.07, 6.45) is 0.819. The van der Waals surface area contributed by atoms with Crippen molar-refractivity contribution in [1.29, 1.82) is 0 Å². The van der Waals surface area contributed by atoms with Gasteiger partial charge >= 0.3 is 5.97 Å². The molecule has 0 radical (unpaired) electrons. The van der Waals surface area contributed by atoms with Crippen molar-refractivity contribution in [3.8, 4) is 5.75 Å². The fourth-order valence-electron chi connectivity index (χ4n) is 1.95. The first-order valence-electron chi connectivity index (χ1n) is 7.82. The highest BCUT2D eigenvalue weighted by Gasteiger charge is 2.11. The lowest BCUT2D eigenvalue weighted by Gasteiger charge is -2.09. The average Bonchev–Trinajstić information content (AvgIpc) is 3.00. The summed E-state index contributed by atoms with van der Waals surface area (Å²) in [7, 11) is 0. The number of carbonyl (C=O) groups is 1. The summed E-state index contributed by atoms with van der Waals surface area (Å²) in [5.74, 6) is 1.52. The molecule has 0 atom stereocenters. The minimum Gasteiger partial charge on any atom is -0.493 e. The molecule has 7 heteroatoms. The molecule has 0 amide bonds. The van der Waals surface area contributed by atoms with Crippen LogP contribution in [0.5, 0.6) is 5.75 Å². The fourth-order valence-corrected chi connectivity index (χ4v) is 2.18. The van der Waals surface area contributed by atoms with Crippen LogP contribution in [0.25, 0.3) is 0 Å². The normalized spacial score (nSPS) is 10.9. The Balaban J connectivity index is 1.66. The van der Waals surface area contributed by atoms with E-state index < -0.39 is 0 Å². The van der Waals surface area contributed by atoms with Crippen LogP contribution in [-0.2, 0) is 16.1 Å². The number of aryl methyl sites for hydroxylation is 1. The summed E-state index contributed by atoms with van der Waals surface area (Å²) in [6, 6.07) is 5.42. The molecule has 2 rings (SSSR count). The van der Waals surface area contributed by atoms with Gasteiger partial charge in [-0.05, 0) is 37.1 Å². The minimum atomic E-state index is -0.323. The van der Waals surface area contributed by atoms with E-state index in [1.807, 2.05) is 32.9 Å². The summed E-state index contributed by atoms with van der Waals surface area (Å²) in [4.78, 5) is 15.8. The van der Waals surface area contributed by atoms with Crippen LogP contribution in [0.3, 0.4) is 0 Å². The van der Waals surface area contributed by atoms with E-state index in [4.69, 9.17) is 25.6 Å². The van der Waals surface area contributed by atoms with Crippen molar-refractivity contribution in [1.82, 2.24) is 10.1 Å². The zero-order valence-corrected chi connectivity index (χ0v) is 14.8. The van der Waals surface area contributed by atoms with Crippen LogP contribution >= 0.6 is 11.6 Å². The van der Waals surface area contributed by atoms with Crippen molar-refractivity contribution in [2.75, 3.05) is 6.61 Å². The highest BCUT2D eigenvalue weighted by atomic mass is 35.5. The number of carbonyl (C=O) groups excluding carboxylic acids is 1. The molecule has 130 valence electrons. The van der Waals surface area contributed by atoms with Crippen molar-refractivity contribution in [3.63, 3.8) is 0 Å². The second kappa shape index (κ2) is 8.68. The lowest BCUT2D eigenvalue weighted by atomic mass is 10.2. The predicted molar refractivity (Wildman–Crippen MR) is 89.1 cm³/mol. The molecule has 0 bridgehead atoms. The third kappa shape index (κ3) is 5.53. The third-order valence-electron chi connectivity index (χ3n) is 3.28. The molecule has 0 unspecified atom stereocenters. The summed E-state index contributed by atoms with van der Waals surface area (Å²) in [5.41, 5.74) is 0.961. The van der Waals surface area contributed by atoms with Crippen LogP contribution in [0.2, 0.25) is 5.02 Å². The van der Waals surface area contributed by atoms with Gasteiger partial charge in [0.15, 0.2) is 12.4 Å². The molecule has 0 aliphatic rings. The quantitative estimate of drug-likeness (QED) is 0.527. The molecule has 6 nitrogen and oxygen atoms in total. The van der Waals surface area contributed by atoms with E-state index in [-0.39, 0.29) is 24.9 Å². The topological polar surface area (TPSA) is 74.5 Å². The Hall–Kier alpha value is -2.08. The lowest BCUT2D eigenvalue weighted by molar-refractivity contribution is -0.146. The highest BCUT2D eigenvalue weighted by molar-refractivity contribution is 6.30. The summed E-state index contributed by atoms with van der Waals surface area (Å²) in [5, 5.41) is 4.48. The molecule has 2 aromatic rings. The zero-order valence-electron chi connectivity index (χ0n) is 14.0. The number of hydrogen-bond donors (Lipinski definition) is 0. The molecule has 1 aromatic carbocycles. The molecule has 0 aliphatic carbocycles. The van der Waals surface area contributed by atoms with Crippen LogP contribution in [0.4, 0.5) is 0 Å². The van der Waals surface area contributed by atoms with Gasteiger partial charge in [-0.1, -0.05) is 30.6 Å². The van der Waals surface area contributed by atoms with Crippen molar-refractivity contribution in [2.24, 2.45) is 0 Å².